The van der Waals surface area contributed by atoms with Crippen LogP contribution in [-0.2, 0) is 10.0 Å². The van der Waals surface area contributed by atoms with Gasteiger partial charge < -0.3 is 9.64 Å². The summed E-state index contributed by atoms with van der Waals surface area (Å²) in [5.74, 6) is 0.804. The normalized spacial score (nSPS) is 22.9. The van der Waals surface area contributed by atoms with Crippen molar-refractivity contribution >= 4 is 27.4 Å². The number of methoxy groups -OCH3 is 1. The van der Waals surface area contributed by atoms with E-state index in [1.807, 2.05) is 6.07 Å². The minimum Gasteiger partial charge on any atom is -0.495 e. The fourth-order valence-electron chi connectivity index (χ4n) is 3.88. The van der Waals surface area contributed by atoms with Gasteiger partial charge in [-0.3, -0.25) is 0 Å². The van der Waals surface area contributed by atoms with E-state index in [1.54, 1.807) is 12.3 Å². The summed E-state index contributed by atoms with van der Waals surface area (Å²) in [5.41, 5.74) is 0. The second-order valence-corrected chi connectivity index (χ2v) is 9.22. The molecule has 0 radical (unpaired) electrons. The molecule has 2 aromatic rings. The molecule has 2 aliphatic heterocycles. The van der Waals surface area contributed by atoms with E-state index in [9.17, 15) is 12.8 Å². The topological polar surface area (TPSA) is 62.7 Å². The maximum atomic E-state index is 13.6. The van der Waals surface area contributed by atoms with Crippen LogP contribution in [0.5, 0.6) is 5.75 Å². The van der Waals surface area contributed by atoms with E-state index >= 15 is 0 Å². The fraction of sp³-hybridized carbons (Fsp3) is 0.389. The summed E-state index contributed by atoms with van der Waals surface area (Å²) in [6.45, 7) is 2.25. The van der Waals surface area contributed by atoms with Gasteiger partial charge in [-0.25, -0.2) is 17.8 Å². The minimum absolute atomic E-state index is 0.124. The maximum absolute atomic E-state index is 13.6. The van der Waals surface area contributed by atoms with Crippen molar-refractivity contribution in [3.8, 4) is 5.75 Å². The number of halogens is 2. The van der Waals surface area contributed by atoms with Crippen LogP contribution in [0.1, 0.15) is 0 Å². The summed E-state index contributed by atoms with van der Waals surface area (Å²) in [5, 5.41) is 0.583. The third-order valence-electron chi connectivity index (χ3n) is 5.23. The summed E-state index contributed by atoms with van der Waals surface area (Å²) in [7, 11) is -2.44. The van der Waals surface area contributed by atoms with Crippen molar-refractivity contribution in [3.05, 3.63) is 47.4 Å². The smallest absolute Gasteiger partial charge is 0.246 e. The lowest BCUT2D eigenvalue weighted by Gasteiger charge is -2.23. The molecular weight excluding hydrogens is 393 g/mol. The minimum atomic E-state index is -3.82. The molecule has 1 aromatic heterocycles. The first-order valence-electron chi connectivity index (χ1n) is 8.58. The predicted octanol–water partition coefficient (Wildman–Crippen LogP) is 2.64. The van der Waals surface area contributed by atoms with Gasteiger partial charge in [0.25, 0.3) is 0 Å². The molecule has 2 atom stereocenters. The number of hydrogen-bond acceptors (Lipinski definition) is 5. The van der Waals surface area contributed by atoms with Crippen LogP contribution in [0.3, 0.4) is 0 Å². The zero-order valence-electron chi connectivity index (χ0n) is 14.7. The summed E-state index contributed by atoms with van der Waals surface area (Å²) in [4.78, 5) is 6.37. The van der Waals surface area contributed by atoms with Crippen molar-refractivity contribution in [2.45, 2.75) is 4.90 Å². The predicted molar refractivity (Wildman–Crippen MR) is 100 cm³/mol. The highest BCUT2D eigenvalue weighted by atomic mass is 35.5. The van der Waals surface area contributed by atoms with Crippen molar-refractivity contribution in [3.63, 3.8) is 0 Å². The van der Waals surface area contributed by atoms with E-state index in [0.717, 1.165) is 25.0 Å². The number of hydrogen-bond donors (Lipinski definition) is 0. The lowest BCUT2D eigenvalue weighted by atomic mass is 10.0. The van der Waals surface area contributed by atoms with E-state index in [1.165, 1.54) is 23.5 Å². The van der Waals surface area contributed by atoms with E-state index in [2.05, 4.69) is 9.88 Å². The van der Waals surface area contributed by atoms with Gasteiger partial charge in [0.05, 0.1) is 12.1 Å². The second-order valence-electron chi connectivity index (χ2n) is 6.88. The molecular formula is C18H19ClFN3O3S. The highest BCUT2D eigenvalue weighted by Crippen LogP contribution is 2.37. The molecule has 27 heavy (non-hydrogen) atoms. The first-order valence-corrected chi connectivity index (χ1v) is 10.4. The number of anilines is 1. The molecule has 2 unspecified atom stereocenters. The highest BCUT2D eigenvalue weighted by Gasteiger charge is 2.45. The van der Waals surface area contributed by atoms with Gasteiger partial charge in [-0.1, -0.05) is 11.6 Å². The van der Waals surface area contributed by atoms with Gasteiger partial charge in [0, 0.05) is 32.4 Å². The molecule has 2 fully saturated rings. The van der Waals surface area contributed by atoms with Crippen LogP contribution in [0.2, 0.25) is 5.02 Å². The Morgan fingerprint density at radius 1 is 1.15 bits per heavy atom. The number of nitrogens with zero attached hydrogens (tertiary/aromatic N) is 3. The van der Waals surface area contributed by atoms with Crippen molar-refractivity contribution in [1.82, 2.24) is 9.29 Å². The molecule has 0 bridgehead atoms. The van der Waals surface area contributed by atoms with E-state index in [-0.39, 0.29) is 22.5 Å². The fourth-order valence-corrected chi connectivity index (χ4v) is 5.71. The number of benzene rings is 1. The van der Waals surface area contributed by atoms with Crippen molar-refractivity contribution in [2.24, 2.45) is 11.8 Å². The number of sulfonamides is 1. The SMILES string of the molecule is COc1ccc(F)cc1S(=O)(=O)N1CC2CN(c3ccc(Cl)cn3)CC2C1. The number of ether oxygens (including phenoxy) is 1. The summed E-state index contributed by atoms with van der Waals surface area (Å²) in [6.07, 6.45) is 1.61. The van der Waals surface area contributed by atoms with Crippen LogP contribution in [0, 0.1) is 17.7 Å². The molecule has 4 rings (SSSR count). The van der Waals surface area contributed by atoms with E-state index < -0.39 is 15.8 Å². The zero-order valence-corrected chi connectivity index (χ0v) is 16.3. The Kier molecular flexibility index (Phi) is 4.73. The molecule has 144 valence electrons. The lowest BCUT2D eigenvalue weighted by Crippen LogP contribution is -2.33. The van der Waals surface area contributed by atoms with Crippen LogP contribution in [0.4, 0.5) is 10.2 Å². The average Bonchev–Trinajstić information content (AvgIpc) is 3.22. The van der Waals surface area contributed by atoms with Crippen LogP contribution in [-0.4, -0.2) is 51.0 Å². The average molecular weight is 412 g/mol. The summed E-state index contributed by atoms with van der Waals surface area (Å²) in [6, 6.07) is 7.22. The van der Waals surface area contributed by atoms with Gasteiger partial charge in [-0.15, -0.1) is 0 Å². The summed E-state index contributed by atoms with van der Waals surface area (Å²) >= 11 is 5.89. The second kappa shape index (κ2) is 6.92. The Morgan fingerprint density at radius 2 is 1.85 bits per heavy atom. The summed E-state index contributed by atoms with van der Waals surface area (Å²) < 4.78 is 46.2. The third kappa shape index (κ3) is 3.37. The Labute approximate surface area is 162 Å². The molecule has 2 saturated heterocycles. The number of rotatable bonds is 4. The van der Waals surface area contributed by atoms with E-state index in [0.29, 0.717) is 18.1 Å². The molecule has 1 aromatic carbocycles. The lowest BCUT2D eigenvalue weighted by molar-refractivity contribution is 0.394. The van der Waals surface area contributed by atoms with Gasteiger partial charge in [0.2, 0.25) is 10.0 Å². The first-order chi connectivity index (χ1) is 12.9. The quantitative estimate of drug-likeness (QED) is 0.774. The van der Waals surface area contributed by atoms with Crippen LogP contribution in [0.25, 0.3) is 0 Å². The van der Waals surface area contributed by atoms with Crippen molar-refractivity contribution in [2.75, 3.05) is 38.2 Å². The number of aromatic nitrogens is 1. The molecule has 6 nitrogen and oxygen atoms in total. The number of fused-ring (bicyclic) bond motifs is 1. The largest absolute Gasteiger partial charge is 0.495 e. The Morgan fingerprint density at radius 3 is 2.44 bits per heavy atom. The Bertz CT molecular complexity index is 941. The monoisotopic (exact) mass is 411 g/mol. The standard InChI is InChI=1S/C18H19ClFN3O3S/c1-26-16-4-3-15(20)6-17(16)27(24,25)23-10-12-8-22(9-13(12)11-23)18-5-2-14(19)7-21-18/h2-7,12-13H,8-11H2,1H3. The van der Waals surface area contributed by atoms with Crippen molar-refractivity contribution in [1.29, 1.82) is 0 Å². The van der Waals surface area contributed by atoms with Gasteiger partial charge in [0.15, 0.2) is 0 Å². The molecule has 0 N–H and O–H groups in total. The number of pyridine rings is 1. The van der Waals surface area contributed by atoms with Gasteiger partial charge >= 0.3 is 0 Å². The Balaban J connectivity index is 1.52. The van der Waals surface area contributed by atoms with Crippen LogP contribution >= 0.6 is 11.6 Å². The van der Waals surface area contributed by atoms with E-state index in [4.69, 9.17) is 16.3 Å². The van der Waals surface area contributed by atoms with Gasteiger partial charge in [-0.05, 0) is 42.2 Å². The van der Waals surface area contributed by atoms with Gasteiger partial charge in [0.1, 0.15) is 22.3 Å². The molecule has 0 spiro atoms. The molecule has 2 aliphatic rings. The molecule has 9 heteroatoms. The van der Waals surface area contributed by atoms with Gasteiger partial charge in [-0.2, -0.15) is 4.31 Å². The molecule has 0 saturated carbocycles. The third-order valence-corrected chi connectivity index (χ3v) is 7.31. The van der Waals surface area contributed by atoms with Crippen molar-refractivity contribution < 1.29 is 17.5 Å². The molecule has 3 heterocycles. The van der Waals surface area contributed by atoms with Crippen LogP contribution < -0.4 is 9.64 Å². The highest BCUT2D eigenvalue weighted by molar-refractivity contribution is 7.89. The molecule has 0 aliphatic carbocycles. The maximum Gasteiger partial charge on any atom is 0.246 e. The zero-order chi connectivity index (χ0) is 19.2. The first kappa shape index (κ1) is 18.5. The molecule has 0 amide bonds. The van der Waals surface area contributed by atoms with Crippen LogP contribution in [0.15, 0.2) is 41.4 Å². The Hall–Kier alpha value is -1.90.